The molecular formula is C22H23N3O2. The molecule has 0 aliphatic carbocycles. The van der Waals surface area contributed by atoms with Gasteiger partial charge in [-0.25, -0.2) is 4.98 Å². The molecule has 0 saturated heterocycles. The van der Waals surface area contributed by atoms with Crippen LogP contribution in [-0.2, 0) is 0 Å². The number of carbonyl (C=O) groups excluding carboxylic acids is 1. The molecule has 138 valence electrons. The largest absolute Gasteiger partial charge is 0.492 e. The number of benzene rings is 2. The van der Waals surface area contributed by atoms with Crippen LogP contribution in [0.3, 0.4) is 0 Å². The Labute approximate surface area is 159 Å². The minimum atomic E-state index is -0.120. The summed E-state index contributed by atoms with van der Waals surface area (Å²) in [5.74, 6) is 0.659. The molecule has 1 N–H and O–H groups in total. The van der Waals surface area contributed by atoms with Gasteiger partial charge in [0.1, 0.15) is 11.4 Å². The topological polar surface area (TPSA) is 54.5 Å². The molecule has 2 aromatic carbocycles. The van der Waals surface area contributed by atoms with Gasteiger partial charge in [-0.05, 0) is 50.2 Å². The van der Waals surface area contributed by atoms with Crippen LogP contribution in [0.15, 0.2) is 72.9 Å². The molecule has 5 heteroatoms. The van der Waals surface area contributed by atoms with Gasteiger partial charge in [-0.3, -0.25) is 4.79 Å². The number of nitrogens with one attached hydrogen (secondary N) is 1. The molecule has 27 heavy (non-hydrogen) atoms. The van der Waals surface area contributed by atoms with Crippen LogP contribution in [0.4, 0.5) is 17.1 Å². The highest BCUT2D eigenvalue weighted by Gasteiger charge is 2.17. The number of ether oxygens (including phenoxy) is 1. The lowest BCUT2D eigenvalue weighted by molar-refractivity contribution is 0.0983. The molecule has 5 nitrogen and oxygen atoms in total. The van der Waals surface area contributed by atoms with E-state index in [1.807, 2.05) is 74.5 Å². The predicted molar refractivity (Wildman–Crippen MR) is 109 cm³/mol. The quantitative estimate of drug-likeness (QED) is 0.651. The molecule has 1 amide bonds. The van der Waals surface area contributed by atoms with Crippen molar-refractivity contribution in [3.05, 3.63) is 78.6 Å². The van der Waals surface area contributed by atoms with E-state index in [1.54, 1.807) is 17.2 Å². The first-order valence-electron chi connectivity index (χ1n) is 9.04. The Kier molecular flexibility index (Phi) is 6.05. The monoisotopic (exact) mass is 361 g/mol. The van der Waals surface area contributed by atoms with Crippen molar-refractivity contribution >= 4 is 23.0 Å². The fourth-order valence-electron chi connectivity index (χ4n) is 2.79. The van der Waals surface area contributed by atoms with Gasteiger partial charge in [0.15, 0.2) is 0 Å². The molecule has 0 spiro atoms. The van der Waals surface area contributed by atoms with E-state index < -0.39 is 0 Å². The number of anilines is 3. The van der Waals surface area contributed by atoms with Crippen LogP contribution in [0.25, 0.3) is 0 Å². The normalized spacial score (nSPS) is 10.3. The van der Waals surface area contributed by atoms with Crippen molar-refractivity contribution in [2.45, 2.75) is 13.8 Å². The Morgan fingerprint density at radius 1 is 1.00 bits per heavy atom. The maximum absolute atomic E-state index is 12.8. The zero-order valence-electron chi connectivity index (χ0n) is 15.6. The summed E-state index contributed by atoms with van der Waals surface area (Å²) in [5.41, 5.74) is 2.92. The number of aromatic nitrogens is 1. The Bertz CT molecular complexity index is 880. The molecule has 0 saturated carbocycles. The minimum absolute atomic E-state index is 0.120. The summed E-state index contributed by atoms with van der Waals surface area (Å²) in [6.45, 7) is 5.07. The number of hydrogen-bond acceptors (Lipinski definition) is 4. The maximum Gasteiger partial charge on any atom is 0.276 e. The predicted octanol–water partition coefficient (Wildman–Crippen LogP) is 4.89. The second-order valence-corrected chi connectivity index (χ2v) is 5.87. The van der Waals surface area contributed by atoms with Crippen molar-refractivity contribution in [2.75, 3.05) is 23.4 Å². The highest BCUT2D eigenvalue weighted by atomic mass is 16.5. The van der Waals surface area contributed by atoms with Crippen molar-refractivity contribution in [1.82, 2.24) is 4.98 Å². The van der Waals surface area contributed by atoms with Crippen molar-refractivity contribution in [3.63, 3.8) is 0 Å². The second kappa shape index (κ2) is 8.85. The summed E-state index contributed by atoms with van der Waals surface area (Å²) < 4.78 is 5.62. The van der Waals surface area contributed by atoms with Crippen LogP contribution < -0.4 is 15.0 Å². The van der Waals surface area contributed by atoms with E-state index in [2.05, 4.69) is 10.3 Å². The Morgan fingerprint density at radius 3 is 2.41 bits per heavy atom. The number of hydrogen-bond donors (Lipinski definition) is 1. The molecule has 0 bridgehead atoms. The van der Waals surface area contributed by atoms with Crippen LogP contribution in [0.5, 0.6) is 5.75 Å². The molecule has 3 aromatic rings. The van der Waals surface area contributed by atoms with Gasteiger partial charge in [0.05, 0.1) is 24.2 Å². The van der Waals surface area contributed by atoms with Gasteiger partial charge in [0.2, 0.25) is 0 Å². The summed E-state index contributed by atoms with van der Waals surface area (Å²) in [5, 5.41) is 3.29. The standard InChI is InChI=1S/C22H23N3O2/c1-3-25(18-10-6-5-7-11-18)22(26)20-15-14-17(16-23-20)24-19-12-8-9-13-21(19)27-4-2/h5-16,24H,3-4H2,1-2H3. The molecule has 3 rings (SSSR count). The Morgan fingerprint density at radius 2 is 1.74 bits per heavy atom. The van der Waals surface area contributed by atoms with Gasteiger partial charge in [0, 0.05) is 12.2 Å². The molecule has 0 fully saturated rings. The third kappa shape index (κ3) is 4.44. The molecule has 0 aliphatic heterocycles. The summed E-state index contributed by atoms with van der Waals surface area (Å²) in [6.07, 6.45) is 1.66. The minimum Gasteiger partial charge on any atom is -0.492 e. The van der Waals surface area contributed by atoms with E-state index in [-0.39, 0.29) is 5.91 Å². The lowest BCUT2D eigenvalue weighted by Crippen LogP contribution is -2.31. The fraction of sp³-hybridized carbons (Fsp3) is 0.182. The van der Waals surface area contributed by atoms with E-state index >= 15 is 0 Å². The van der Waals surface area contributed by atoms with Crippen LogP contribution in [0.2, 0.25) is 0 Å². The molecule has 1 aromatic heterocycles. The van der Waals surface area contributed by atoms with Crippen molar-refractivity contribution in [3.8, 4) is 5.75 Å². The van der Waals surface area contributed by atoms with E-state index in [0.717, 1.165) is 22.8 Å². The smallest absolute Gasteiger partial charge is 0.276 e. The summed E-state index contributed by atoms with van der Waals surface area (Å²) in [6, 6.07) is 20.9. The van der Waals surface area contributed by atoms with Crippen LogP contribution >= 0.6 is 0 Å². The van der Waals surface area contributed by atoms with Crippen LogP contribution in [0, 0.1) is 0 Å². The van der Waals surface area contributed by atoms with Crippen molar-refractivity contribution in [2.24, 2.45) is 0 Å². The lowest BCUT2D eigenvalue weighted by atomic mass is 10.2. The fourth-order valence-corrected chi connectivity index (χ4v) is 2.79. The number of rotatable bonds is 7. The Balaban J connectivity index is 1.76. The molecule has 0 atom stereocenters. The SMILES string of the molecule is CCOc1ccccc1Nc1ccc(C(=O)N(CC)c2ccccc2)nc1. The molecule has 1 heterocycles. The lowest BCUT2D eigenvalue weighted by Gasteiger charge is -2.20. The van der Waals surface area contributed by atoms with E-state index in [0.29, 0.717) is 18.8 Å². The first-order valence-corrected chi connectivity index (χ1v) is 9.04. The van der Waals surface area contributed by atoms with E-state index in [4.69, 9.17) is 4.74 Å². The Hall–Kier alpha value is -3.34. The summed E-state index contributed by atoms with van der Waals surface area (Å²) >= 11 is 0. The van der Waals surface area contributed by atoms with Gasteiger partial charge >= 0.3 is 0 Å². The van der Waals surface area contributed by atoms with Crippen LogP contribution in [0.1, 0.15) is 24.3 Å². The van der Waals surface area contributed by atoms with Gasteiger partial charge in [-0.1, -0.05) is 30.3 Å². The molecular weight excluding hydrogens is 338 g/mol. The van der Waals surface area contributed by atoms with Crippen LogP contribution in [-0.4, -0.2) is 24.0 Å². The maximum atomic E-state index is 12.8. The number of carbonyl (C=O) groups is 1. The first-order chi connectivity index (χ1) is 13.2. The summed E-state index contributed by atoms with van der Waals surface area (Å²) in [4.78, 5) is 18.9. The average molecular weight is 361 g/mol. The van der Waals surface area contributed by atoms with Crippen molar-refractivity contribution in [1.29, 1.82) is 0 Å². The van der Waals surface area contributed by atoms with Crippen molar-refractivity contribution < 1.29 is 9.53 Å². The first kappa shape index (κ1) is 18.5. The highest BCUT2D eigenvalue weighted by molar-refractivity contribution is 6.04. The van der Waals surface area contributed by atoms with E-state index in [1.165, 1.54) is 0 Å². The molecule has 0 unspecified atom stereocenters. The number of para-hydroxylation sites is 3. The highest BCUT2D eigenvalue weighted by Crippen LogP contribution is 2.27. The second-order valence-electron chi connectivity index (χ2n) is 5.87. The van der Waals surface area contributed by atoms with E-state index in [9.17, 15) is 4.79 Å². The number of pyridine rings is 1. The zero-order chi connectivity index (χ0) is 19.1. The summed E-state index contributed by atoms with van der Waals surface area (Å²) in [7, 11) is 0. The molecule has 0 aliphatic rings. The third-order valence-electron chi connectivity index (χ3n) is 4.08. The third-order valence-corrected chi connectivity index (χ3v) is 4.08. The van der Waals surface area contributed by atoms with Gasteiger partial charge < -0.3 is 15.0 Å². The number of amides is 1. The average Bonchev–Trinajstić information content (AvgIpc) is 2.71. The van der Waals surface area contributed by atoms with Gasteiger partial charge in [-0.2, -0.15) is 0 Å². The number of nitrogens with zero attached hydrogens (tertiary/aromatic N) is 2. The molecule has 0 radical (unpaired) electrons. The zero-order valence-corrected chi connectivity index (χ0v) is 15.6. The van der Waals surface area contributed by atoms with Gasteiger partial charge in [0.25, 0.3) is 5.91 Å². The van der Waals surface area contributed by atoms with Gasteiger partial charge in [-0.15, -0.1) is 0 Å².